The molecule has 0 aliphatic heterocycles. The topological polar surface area (TPSA) is 3.24 Å². The molecule has 0 heterocycles. The van der Waals surface area contributed by atoms with Gasteiger partial charge < -0.3 is 4.90 Å². The van der Waals surface area contributed by atoms with Crippen molar-refractivity contribution in [1.29, 1.82) is 0 Å². The average molecular weight is 826 g/mol. The van der Waals surface area contributed by atoms with Crippen LogP contribution in [0.2, 0.25) is 0 Å². The fourth-order valence-electron chi connectivity index (χ4n) is 15.0. The molecule has 6 aromatic carbocycles. The molecule has 4 saturated carbocycles. The van der Waals surface area contributed by atoms with Crippen molar-refractivity contribution in [3.05, 3.63) is 161 Å². The van der Waals surface area contributed by atoms with E-state index in [-0.39, 0.29) is 27.1 Å². The van der Waals surface area contributed by atoms with Gasteiger partial charge in [0.1, 0.15) is 0 Å². The summed E-state index contributed by atoms with van der Waals surface area (Å²) in [4.78, 5) is 2.70. The van der Waals surface area contributed by atoms with Crippen LogP contribution in [-0.4, -0.2) is 0 Å². The first-order chi connectivity index (χ1) is 30.2. The predicted molar refractivity (Wildman–Crippen MR) is 266 cm³/mol. The Kier molecular flexibility index (Phi) is 8.55. The first-order valence-corrected chi connectivity index (χ1v) is 24.7. The van der Waals surface area contributed by atoms with Crippen molar-refractivity contribution in [2.75, 3.05) is 4.90 Å². The lowest BCUT2D eigenvalue weighted by Crippen LogP contribution is -2.55. The van der Waals surface area contributed by atoms with Crippen molar-refractivity contribution in [2.45, 2.75) is 140 Å². The second kappa shape index (κ2) is 13.6. The van der Waals surface area contributed by atoms with Crippen molar-refractivity contribution in [1.82, 2.24) is 0 Å². The molecule has 0 aromatic heterocycles. The highest BCUT2D eigenvalue weighted by Crippen LogP contribution is 2.71. The Labute approximate surface area is 378 Å². The van der Waals surface area contributed by atoms with E-state index < -0.39 is 0 Å². The highest BCUT2D eigenvalue weighted by molar-refractivity contribution is 6.02. The Balaban J connectivity index is 1.11. The Morgan fingerprint density at radius 1 is 0.381 bits per heavy atom. The fraction of sp³-hybridized carbons (Fsp3) is 0.419. The van der Waals surface area contributed by atoms with E-state index in [9.17, 15) is 0 Å². The summed E-state index contributed by atoms with van der Waals surface area (Å²) in [6, 6.07) is 50.8. The molecule has 320 valence electrons. The average Bonchev–Trinajstić information content (AvgIpc) is 3.57. The van der Waals surface area contributed by atoms with Gasteiger partial charge in [-0.3, -0.25) is 0 Å². The van der Waals surface area contributed by atoms with Gasteiger partial charge in [0.25, 0.3) is 0 Å². The summed E-state index contributed by atoms with van der Waals surface area (Å²) < 4.78 is 0. The van der Waals surface area contributed by atoms with Gasteiger partial charge in [0.05, 0.1) is 5.69 Å². The van der Waals surface area contributed by atoms with Gasteiger partial charge in [-0.15, -0.1) is 0 Å². The van der Waals surface area contributed by atoms with Crippen molar-refractivity contribution >= 4 is 17.1 Å². The molecule has 4 fully saturated rings. The Morgan fingerprint density at radius 3 is 1.52 bits per heavy atom. The van der Waals surface area contributed by atoms with E-state index in [1.54, 1.807) is 11.1 Å². The van der Waals surface area contributed by atoms with E-state index in [0.29, 0.717) is 11.8 Å². The normalized spacial score (nSPS) is 27.0. The molecule has 4 bridgehead atoms. The number of nitrogens with zero attached hydrogens (tertiary/aromatic N) is 1. The molecule has 1 heteroatoms. The van der Waals surface area contributed by atoms with Crippen molar-refractivity contribution in [3.63, 3.8) is 0 Å². The number of fused-ring (bicyclic) bond motifs is 5. The summed E-state index contributed by atoms with van der Waals surface area (Å²) in [6.45, 7) is 19.6. The van der Waals surface area contributed by atoms with Gasteiger partial charge in [-0.25, -0.2) is 0 Å². The standard InChI is InChI=1S/C62H67N/c1-58(2)28-30-60(5,6)54-37-43(20-25-51(54)58)41-18-21-46(22-19-41)63(47-23-26-52-55(38-47)61(7,8)31-29-59(52,3)4)57-48(42-14-10-9-11-15-42)24-27-53-56(57)49-16-12-13-17-50(49)62(53)44-33-39-32-40(35-44)36-45(62)34-39/h9-27,37-40,44-45H,28-36H2,1-8H3. The van der Waals surface area contributed by atoms with Crippen LogP contribution in [0.1, 0.15) is 147 Å². The summed E-state index contributed by atoms with van der Waals surface area (Å²) >= 11 is 0. The minimum Gasteiger partial charge on any atom is -0.309 e. The lowest BCUT2D eigenvalue weighted by Gasteiger charge is -2.61. The first kappa shape index (κ1) is 39.7. The van der Waals surface area contributed by atoms with Crippen molar-refractivity contribution in [3.8, 4) is 33.4 Å². The Morgan fingerprint density at radius 2 is 0.889 bits per heavy atom. The summed E-state index contributed by atoms with van der Waals surface area (Å²) in [5, 5.41) is 0. The van der Waals surface area contributed by atoms with Crippen molar-refractivity contribution < 1.29 is 0 Å². The number of hydrogen-bond acceptors (Lipinski definition) is 1. The van der Waals surface area contributed by atoms with E-state index in [0.717, 1.165) is 11.8 Å². The quantitative estimate of drug-likeness (QED) is 0.167. The SMILES string of the molecule is CC1(C)CCC(C)(C)c2cc(-c3ccc(N(c4ccc5c(c4)C(C)(C)CCC5(C)C)c4c(-c5ccccc5)ccc5c4-c4ccccc4C54C5CC6CC(C5)CC4C6)cc3)ccc21. The molecule has 0 radical (unpaired) electrons. The third-order valence-corrected chi connectivity index (χ3v) is 18.4. The molecule has 7 aliphatic carbocycles. The predicted octanol–water partition coefficient (Wildman–Crippen LogP) is 16.9. The maximum absolute atomic E-state index is 2.70. The molecule has 0 atom stereocenters. The second-order valence-corrected chi connectivity index (χ2v) is 23.9. The molecule has 1 spiro atoms. The molecular weight excluding hydrogens is 759 g/mol. The second-order valence-electron chi connectivity index (χ2n) is 23.9. The lowest BCUT2D eigenvalue weighted by atomic mass is 9.43. The minimum absolute atomic E-state index is 0.0789. The first-order valence-electron chi connectivity index (χ1n) is 24.7. The molecule has 6 aromatic rings. The molecule has 0 unspecified atom stereocenters. The van der Waals surface area contributed by atoms with Gasteiger partial charge >= 0.3 is 0 Å². The molecular formula is C62H67N. The van der Waals surface area contributed by atoms with Gasteiger partial charge in [0.2, 0.25) is 0 Å². The maximum Gasteiger partial charge on any atom is 0.0621 e. The van der Waals surface area contributed by atoms with Gasteiger partial charge in [0.15, 0.2) is 0 Å². The van der Waals surface area contributed by atoms with Crippen LogP contribution in [0.25, 0.3) is 33.4 Å². The summed E-state index contributed by atoms with van der Waals surface area (Å²) in [6.07, 6.45) is 11.9. The highest BCUT2D eigenvalue weighted by atomic mass is 15.1. The van der Waals surface area contributed by atoms with E-state index in [1.807, 2.05) is 0 Å². The van der Waals surface area contributed by atoms with Gasteiger partial charge in [-0.1, -0.05) is 159 Å². The van der Waals surface area contributed by atoms with Crippen LogP contribution in [0.15, 0.2) is 127 Å². The summed E-state index contributed by atoms with van der Waals surface area (Å²) in [7, 11) is 0. The molecule has 0 N–H and O–H groups in total. The van der Waals surface area contributed by atoms with Gasteiger partial charge in [-0.05, 0) is 183 Å². The highest BCUT2D eigenvalue weighted by Gasteiger charge is 2.62. The third kappa shape index (κ3) is 5.79. The van der Waals surface area contributed by atoms with Gasteiger partial charge in [-0.2, -0.15) is 0 Å². The van der Waals surface area contributed by atoms with Crippen LogP contribution in [-0.2, 0) is 27.1 Å². The lowest BCUT2D eigenvalue weighted by molar-refractivity contribution is -0.0399. The van der Waals surface area contributed by atoms with Crippen LogP contribution in [0.3, 0.4) is 0 Å². The molecule has 13 rings (SSSR count). The molecule has 0 saturated heterocycles. The summed E-state index contributed by atoms with van der Waals surface area (Å²) in [5.74, 6) is 3.22. The van der Waals surface area contributed by atoms with E-state index in [2.05, 4.69) is 188 Å². The molecule has 63 heavy (non-hydrogen) atoms. The zero-order valence-corrected chi connectivity index (χ0v) is 39.2. The Bertz CT molecular complexity index is 2770. The smallest absolute Gasteiger partial charge is 0.0621 e. The number of hydrogen-bond donors (Lipinski definition) is 0. The largest absolute Gasteiger partial charge is 0.309 e. The number of anilines is 3. The zero-order valence-electron chi connectivity index (χ0n) is 39.2. The fourth-order valence-corrected chi connectivity index (χ4v) is 15.0. The summed E-state index contributed by atoms with van der Waals surface area (Å²) in [5.41, 5.74) is 21.9. The zero-order chi connectivity index (χ0) is 43.3. The van der Waals surface area contributed by atoms with Crippen LogP contribution < -0.4 is 4.90 Å². The number of benzene rings is 6. The van der Waals surface area contributed by atoms with Crippen molar-refractivity contribution in [2.24, 2.45) is 23.7 Å². The number of rotatable bonds is 5. The Hall–Kier alpha value is -4.88. The van der Waals surface area contributed by atoms with Crippen LogP contribution >= 0.6 is 0 Å². The monoisotopic (exact) mass is 826 g/mol. The minimum atomic E-state index is 0.0789. The molecule has 1 nitrogen and oxygen atoms in total. The van der Waals surface area contributed by atoms with E-state index >= 15 is 0 Å². The van der Waals surface area contributed by atoms with E-state index in [1.165, 1.54) is 130 Å². The van der Waals surface area contributed by atoms with Crippen LogP contribution in [0.4, 0.5) is 17.1 Å². The van der Waals surface area contributed by atoms with Gasteiger partial charge in [0, 0.05) is 27.9 Å². The van der Waals surface area contributed by atoms with E-state index in [4.69, 9.17) is 0 Å². The van der Waals surface area contributed by atoms with Crippen LogP contribution in [0.5, 0.6) is 0 Å². The molecule has 0 amide bonds. The van der Waals surface area contributed by atoms with Crippen LogP contribution in [0, 0.1) is 23.7 Å². The molecule has 7 aliphatic rings. The third-order valence-electron chi connectivity index (χ3n) is 18.4. The maximum atomic E-state index is 2.70.